The Morgan fingerprint density at radius 1 is 1.30 bits per heavy atom. The number of aromatic nitrogens is 1. The monoisotopic (exact) mass is 403 g/mol. The standard InChI is InChI=1S/C17H16ClF3N4O2/c1-22-9-24-16(27)25-15(26)14(11-4-2-3-5-12(11)18)13-8-10(6-7-23-13)17(19,20)21/h2-8,14,22H,9H2,1H3,(H2,24,25,26,27)/i1D3. The molecule has 27 heavy (non-hydrogen) atoms. The van der Waals surface area contributed by atoms with Gasteiger partial charge in [0, 0.05) is 15.3 Å². The Balaban J connectivity index is 2.31. The van der Waals surface area contributed by atoms with Crippen molar-refractivity contribution in [1.29, 1.82) is 0 Å². The van der Waals surface area contributed by atoms with Crippen LogP contribution in [0.5, 0.6) is 0 Å². The zero-order valence-electron chi connectivity index (χ0n) is 16.6. The van der Waals surface area contributed by atoms with Crippen LogP contribution in [-0.4, -0.2) is 30.6 Å². The fraction of sp³-hybridized carbons (Fsp3) is 0.235. The maximum Gasteiger partial charge on any atom is 0.416 e. The number of amides is 3. The van der Waals surface area contributed by atoms with Crippen LogP contribution in [-0.2, 0) is 11.0 Å². The number of carbonyl (C=O) groups excluding carboxylic acids is 2. The SMILES string of the molecule is [2H]C([2H])([2H])NCNC(=O)NC(=O)C(c1cc(C(F)(F)F)ccn1)c1ccccc1Cl. The molecule has 144 valence electrons. The second kappa shape index (κ2) is 8.83. The van der Waals surface area contributed by atoms with E-state index in [1.807, 2.05) is 10.6 Å². The molecule has 2 rings (SSSR count). The van der Waals surface area contributed by atoms with E-state index in [4.69, 9.17) is 15.7 Å². The topological polar surface area (TPSA) is 83.1 Å². The smallest absolute Gasteiger partial charge is 0.325 e. The quantitative estimate of drug-likeness (QED) is 0.670. The molecule has 1 aromatic carbocycles. The van der Waals surface area contributed by atoms with Crippen molar-refractivity contribution >= 4 is 23.5 Å². The Hall–Kier alpha value is -2.65. The van der Waals surface area contributed by atoms with E-state index in [-0.39, 0.29) is 16.3 Å². The lowest BCUT2D eigenvalue weighted by Crippen LogP contribution is -2.44. The van der Waals surface area contributed by atoms with Crippen molar-refractivity contribution in [3.8, 4) is 0 Å². The van der Waals surface area contributed by atoms with Crippen LogP contribution in [0.1, 0.15) is 26.9 Å². The van der Waals surface area contributed by atoms with Crippen molar-refractivity contribution in [3.05, 3.63) is 64.4 Å². The molecule has 1 atom stereocenters. The van der Waals surface area contributed by atoms with E-state index in [2.05, 4.69) is 10.3 Å². The van der Waals surface area contributed by atoms with Crippen molar-refractivity contribution in [1.82, 2.24) is 20.9 Å². The van der Waals surface area contributed by atoms with Gasteiger partial charge in [-0.2, -0.15) is 13.2 Å². The average molecular weight is 404 g/mol. The molecule has 6 nitrogen and oxygen atoms in total. The summed E-state index contributed by atoms with van der Waals surface area (Å²) in [5.74, 6) is -2.43. The first kappa shape index (κ1) is 16.5. The van der Waals surface area contributed by atoms with Crippen molar-refractivity contribution in [2.45, 2.75) is 12.1 Å². The van der Waals surface area contributed by atoms with Gasteiger partial charge in [0.1, 0.15) is 5.92 Å². The molecule has 0 aliphatic heterocycles. The minimum Gasteiger partial charge on any atom is -0.325 e. The minimum absolute atomic E-state index is 0.0846. The predicted molar refractivity (Wildman–Crippen MR) is 93.1 cm³/mol. The van der Waals surface area contributed by atoms with Gasteiger partial charge in [0.2, 0.25) is 5.91 Å². The van der Waals surface area contributed by atoms with Gasteiger partial charge >= 0.3 is 12.2 Å². The zero-order chi connectivity index (χ0) is 22.5. The molecule has 0 aliphatic rings. The van der Waals surface area contributed by atoms with Crippen molar-refractivity contribution < 1.29 is 26.9 Å². The molecule has 1 unspecified atom stereocenters. The van der Waals surface area contributed by atoms with E-state index in [9.17, 15) is 22.8 Å². The first-order valence-corrected chi connectivity index (χ1v) is 7.87. The van der Waals surface area contributed by atoms with Gasteiger partial charge in [-0.3, -0.25) is 15.1 Å². The summed E-state index contributed by atoms with van der Waals surface area (Å²) in [5, 5.41) is 6.15. The van der Waals surface area contributed by atoms with Crippen LogP contribution in [0.15, 0.2) is 42.6 Å². The van der Waals surface area contributed by atoms with Crippen LogP contribution < -0.4 is 16.0 Å². The molecular formula is C17H16ClF3N4O2. The van der Waals surface area contributed by atoms with Crippen molar-refractivity contribution in [2.24, 2.45) is 0 Å². The highest BCUT2D eigenvalue weighted by Crippen LogP contribution is 2.34. The molecule has 1 aromatic heterocycles. The van der Waals surface area contributed by atoms with E-state index >= 15 is 0 Å². The number of nitrogens with one attached hydrogen (secondary N) is 3. The fourth-order valence-electron chi connectivity index (χ4n) is 2.28. The van der Waals surface area contributed by atoms with Crippen molar-refractivity contribution in [2.75, 3.05) is 13.6 Å². The number of urea groups is 1. The first-order chi connectivity index (χ1) is 13.9. The highest BCUT2D eigenvalue weighted by molar-refractivity contribution is 6.31. The second-order valence-corrected chi connectivity index (χ2v) is 5.68. The lowest BCUT2D eigenvalue weighted by atomic mass is 9.93. The number of hydrogen-bond acceptors (Lipinski definition) is 4. The number of alkyl halides is 3. The molecule has 0 saturated heterocycles. The minimum atomic E-state index is -4.67. The highest BCUT2D eigenvalue weighted by Gasteiger charge is 2.33. The van der Waals surface area contributed by atoms with Crippen LogP contribution in [0.25, 0.3) is 0 Å². The summed E-state index contributed by atoms with van der Waals surface area (Å²) in [6.45, 7) is -2.99. The maximum atomic E-state index is 13.1. The Morgan fingerprint density at radius 2 is 2.04 bits per heavy atom. The number of rotatable bonds is 5. The van der Waals surface area contributed by atoms with Gasteiger partial charge in [-0.1, -0.05) is 29.8 Å². The number of benzene rings is 1. The molecule has 10 heteroatoms. The summed E-state index contributed by atoms with van der Waals surface area (Å²) < 4.78 is 60.2. The number of halogens is 4. The number of imide groups is 1. The molecule has 3 N–H and O–H groups in total. The van der Waals surface area contributed by atoms with E-state index in [0.717, 1.165) is 12.3 Å². The lowest BCUT2D eigenvalue weighted by molar-refractivity contribution is -0.137. The molecule has 0 spiro atoms. The molecule has 0 fully saturated rings. The van der Waals surface area contributed by atoms with Crippen LogP contribution in [0.2, 0.25) is 5.02 Å². The lowest BCUT2D eigenvalue weighted by Gasteiger charge is -2.19. The largest absolute Gasteiger partial charge is 0.416 e. The van der Waals surface area contributed by atoms with Crippen LogP contribution in [0, 0.1) is 0 Å². The van der Waals surface area contributed by atoms with E-state index in [1.54, 1.807) is 6.07 Å². The molecule has 0 aliphatic carbocycles. The number of carbonyl (C=O) groups is 2. The third-order valence-electron chi connectivity index (χ3n) is 3.46. The summed E-state index contributed by atoms with van der Waals surface area (Å²) in [4.78, 5) is 28.5. The summed E-state index contributed by atoms with van der Waals surface area (Å²) in [6.07, 6.45) is -3.77. The average Bonchev–Trinajstić information content (AvgIpc) is 2.62. The Kier molecular flexibility index (Phi) is 5.40. The third kappa shape index (κ3) is 5.41. The van der Waals surface area contributed by atoms with Gasteiger partial charge in [-0.25, -0.2) is 4.79 Å². The van der Waals surface area contributed by atoms with Gasteiger partial charge in [0.05, 0.1) is 17.9 Å². The first-order valence-electron chi connectivity index (χ1n) is 9.00. The van der Waals surface area contributed by atoms with Crippen LogP contribution >= 0.6 is 11.6 Å². The van der Waals surface area contributed by atoms with E-state index < -0.39 is 43.2 Å². The fourth-order valence-corrected chi connectivity index (χ4v) is 2.52. The molecule has 0 radical (unpaired) electrons. The van der Waals surface area contributed by atoms with E-state index in [0.29, 0.717) is 6.07 Å². The van der Waals surface area contributed by atoms with Gasteiger partial charge < -0.3 is 10.6 Å². The Bertz CT molecular complexity index is 926. The number of nitrogens with zero attached hydrogens (tertiary/aromatic N) is 1. The van der Waals surface area contributed by atoms with Crippen molar-refractivity contribution in [3.63, 3.8) is 0 Å². The molecule has 2 aromatic rings. The summed E-state index contributed by atoms with van der Waals surface area (Å²) in [6, 6.07) is 6.33. The summed E-state index contributed by atoms with van der Waals surface area (Å²) in [5.41, 5.74) is -1.16. The summed E-state index contributed by atoms with van der Waals surface area (Å²) >= 11 is 6.11. The van der Waals surface area contributed by atoms with Gasteiger partial charge in [0.25, 0.3) is 0 Å². The number of pyridine rings is 1. The zero-order valence-corrected chi connectivity index (χ0v) is 14.4. The molecule has 0 saturated carbocycles. The normalized spacial score (nSPS) is 14.4. The van der Waals surface area contributed by atoms with Gasteiger partial charge in [-0.05, 0) is 30.7 Å². The third-order valence-corrected chi connectivity index (χ3v) is 3.80. The Labute approximate surface area is 162 Å². The van der Waals surface area contributed by atoms with Gasteiger partial charge in [-0.15, -0.1) is 0 Å². The molecular weight excluding hydrogens is 385 g/mol. The summed E-state index contributed by atoms with van der Waals surface area (Å²) in [7, 11) is 0. The van der Waals surface area contributed by atoms with Gasteiger partial charge in [0.15, 0.2) is 0 Å². The predicted octanol–water partition coefficient (Wildman–Crippen LogP) is 2.89. The maximum absolute atomic E-state index is 13.1. The highest BCUT2D eigenvalue weighted by atomic mass is 35.5. The van der Waals surface area contributed by atoms with E-state index in [1.165, 1.54) is 18.2 Å². The van der Waals surface area contributed by atoms with Crippen LogP contribution in [0.3, 0.4) is 0 Å². The second-order valence-electron chi connectivity index (χ2n) is 5.27. The van der Waals surface area contributed by atoms with Crippen LogP contribution in [0.4, 0.5) is 18.0 Å². The molecule has 3 amide bonds. The molecule has 0 bridgehead atoms. The number of hydrogen-bond donors (Lipinski definition) is 3. The Morgan fingerprint density at radius 3 is 2.70 bits per heavy atom. The molecule has 1 heterocycles.